The van der Waals surface area contributed by atoms with Gasteiger partial charge in [0, 0.05) is 5.92 Å². The molecule has 0 amide bonds. The fourth-order valence-electron chi connectivity index (χ4n) is 2.57. The molecule has 0 spiro atoms. The van der Waals surface area contributed by atoms with Crippen LogP contribution in [0.2, 0.25) is 5.15 Å². The molecular weight excluding hydrogens is 347 g/mol. The van der Waals surface area contributed by atoms with Gasteiger partial charge in [-0.1, -0.05) is 38.3 Å². The molecule has 17 heavy (non-hydrogen) atoms. The minimum absolute atomic E-state index is 0.513. The lowest BCUT2D eigenvalue weighted by molar-refractivity contribution is 0.334. The van der Waals surface area contributed by atoms with Crippen LogP contribution in [0.3, 0.4) is 0 Å². The quantitative estimate of drug-likeness (QED) is 0.566. The summed E-state index contributed by atoms with van der Waals surface area (Å²) in [5.74, 6) is 2.28. The van der Waals surface area contributed by atoms with Crippen molar-refractivity contribution in [2.45, 2.75) is 51.9 Å². The Bertz CT molecular complexity index is 409. The minimum atomic E-state index is 0.513. The maximum absolute atomic E-state index is 6.19. The highest BCUT2D eigenvalue weighted by atomic mass is 127. The number of halogens is 2. The van der Waals surface area contributed by atoms with Gasteiger partial charge in [-0.3, -0.25) is 0 Å². The number of hydrogen-bond donors (Lipinski definition) is 0. The Morgan fingerprint density at radius 1 is 1.35 bits per heavy atom. The van der Waals surface area contributed by atoms with E-state index in [2.05, 4.69) is 41.4 Å². The highest BCUT2D eigenvalue weighted by molar-refractivity contribution is 14.1. The molecule has 1 aromatic rings. The van der Waals surface area contributed by atoms with E-state index in [4.69, 9.17) is 16.6 Å². The van der Waals surface area contributed by atoms with Crippen molar-refractivity contribution < 1.29 is 0 Å². The van der Waals surface area contributed by atoms with Gasteiger partial charge in [-0.25, -0.2) is 9.97 Å². The van der Waals surface area contributed by atoms with E-state index in [-0.39, 0.29) is 0 Å². The maximum Gasteiger partial charge on any atom is 0.146 e. The van der Waals surface area contributed by atoms with Gasteiger partial charge < -0.3 is 0 Å². The first-order valence-corrected chi connectivity index (χ1v) is 7.79. The van der Waals surface area contributed by atoms with Crippen LogP contribution in [0.1, 0.15) is 57.0 Å². The number of aromatic nitrogens is 2. The molecule has 2 unspecified atom stereocenters. The smallest absolute Gasteiger partial charge is 0.146 e. The standard InChI is InChI=1S/C13H18ClIN2/c1-3-10-11(15)12(14)17-13(16-10)9-6-4-5-8(2)7-9/h8-9H,3-7H2,1-2H3. The van der Waals surface area contributed by atoms with Crippen molar-refractivity contribution in [1.29, 1.82) is 0 Å². The summed E-state index contributed by atoms with van der Waals surface area (Å²) in [6, 6.07) is 0. The van der Waals surface area contributed by atoms with Gasteiger partial charge in [0.05, 0.1) is 9.26 Å². The molecule has 0 aromatic carbocycles. The molecular formula is C13H18ClIN2. The molecule has 1 aliphatic rings. The Hall–Kier alpha value is 0.100. The van der Waals surface area contributed by atoms with E-state index in [9.17, 15) is 0 Å². The van der Waals surface area contributed by atoms with Gasteiger partial charge in [0.25, 0.3) is 0 Å². The second kappa shape index (κ2) is 5.83. The summed E-state index contributed by atoms with van der Waals surface area (Å²) in [5, 5.41) is 0.630. The Morgan fingerprint density at radius 2 is 2.12 bits per heavy atom. The average Bonchev–Trinajstić information content (AvgIpc) is 2.32. The summed E-state index contributed by atoms with van der Waals surface area (Å²) in [6.07, 6.45) is 5.98. The molecule has 2 rings (SSSR count). The van der Waals surface area contributed by atoms with Gasteiger partial charge in [0.2, 0.25) is 0 Å². The summed E-state index contributed by atoms with van der Waals surface area (Å²) in [5.41, 5.74) is 1.10. The maximum atomic E-state index is 6.19. The summed E-state index contributed by atoms with van der Waals surface area (Å²) in [4.78, 5) is 9.19. The number of nitrogens with zero attached hydrogens (tertiary/aromatic N) is 2. The van der Waals surface area contributed by atoms with Crippen LogP contribution in [0.25, 0.3) is 0 Å². The largest absolute Gasteiger partial charge is 0.236 e. The zero-order chi connectivity index (χ0) is 12.4. The highest BCUT2D eigenvalue weighted by Crippen LogP contribution is 2.35. The molecule has 4 heteroatoms. The second-order valence-electron chi connectivity index (χ2n) is 4.96. The van der Waals surface area contributed by atoms with E-state index in [1.807, 2.05) is 0 Å². The van der Waals surface area contributed by atoms with Crippen molar-refractivity contribution in [3.63, 3.8) is 0 Å². The Labute approximate surface area is 122 Å². The molecule has 0 radical (unpaired) electrons. The van der Waals surface area contributed by atoms with Crippen molar-refractivity contribution in [3.8, 4) is 0 Å². The summed E-state index contributed by atoms with van der Waals surface area (Å²) in [6.45, 7) is 4.44. The van der Waals surface area contributed by atoms with Crippen molar-refractivity contribution in [1.82, 2.24) is 9.97 Å². The average molecular weight is 365 g/mol. The van der Waals surface area contributed by atoms with Gasteiger partial charge >= 0.3 is 0 Å². The van der Waals surface area contributed by atoms with Crippen molar-refractivity contribution in [2.24, 2.45) is 5.92 Å². The van der Waals surface area contributed by atoms with E-state index < -0.39 is 0 Å². The first-order valence-electron chi connectivity index (χ1n) is 6.33. The molecule has 1 aliphatic carbocycles. The Morgan fingerprint density at radius 3 is 2.76 bits per heavy atom. The molecule has 0 N–H and O–H groups in total. The van der Waals surface area contributed by atoms with Crippen molar-refractivity contribution in [3.05, 3.63) is 20.2 Å². The summed E-state index contributed by atoms with van der Waals surface area (Å²) < 4.78 is 1.01. The normalized spacial score (nSPS) is 24.9. The molecule has 2 nitrogen and oxygen atoms in total. The Kier molecular flexibility index (Phi) is 4.64. The molecule has 2 atom stereocenters. The zero-order valence-electron chi connectivity index (χ0n) is 10.3. The van der Waals surface area contributed by atoms with Gasteiger partial charge in [-0.15, -0.1) is 0 Å². The molecule has 94 valence electrons. The van der Waals surface area contributed by atoms with Crippen LogP contribution < -0.4 is 0 Å². The fraction of sp³-hybridized carbons (Fsp3) is 0.692. The molecule has 1 heterocycles. The summed E-state index contributed by atoms with van der Waals surface area (Å²) in [7, 11) is 0. The predicted molar refractivity (Wildman–Crippen MR) is 79.5 cm³/mol. The van der Waals surface area contributed by atoms with Gasteiger partial charge in [-0.05, 0) is 47.8 Å². The molecule has 1 fully saturated rings. The molecule has 1 aromatic heterocycles. The lowest BCUT2D eigenvalue weighted by Gasteiger charge is -2.26. The van der Waals surface area contributed by atoms with E-state index in [1.165, 1.54) is 25.7 Å². The van der Waals surface area contributed by atoms with E-state index in [0.29, 0.717) is 11.1 Å². The van der Waals surface area contributed by atoms with Gasteiger partial charge in [0.1, 0.15) is 11.0 Å². The molecule has 1 saturated carbocycles. The van der Waals surface area contributed by atoms with Crippen LogP contribution in [0.4, 0.5) is 0 Å². The van der Waals surface area contributed by atoms with Crippen LogP contribution in [0, 0.1) is 9.49 Å². The van der Waals surface area contributed by atoms with Crippen LogP contribution in [0.15, 0.2) is 0 Å². The number of aryl methyl sites for hydroxylation is 1. The molecule has 0 aliphatic heterocycles. The van der Waals surface area contributed by atoms with Crippen LogP contribution >= 0.6 is 34.2 Å². The fourth-order valence-corrected chi connectivity index (χ4v) is 3.38. The predicted octanol–water partition coefficient (Wildman–Crippen LogP) is 4.59. The monoisotopic (exact) mass is 364 g/mol. The number of hydrogen-bond acceptors (Lipinski definition) is 2. The van der Waals surface area contributed by atoms with Crippen LogP contribution in [-0.4, -0.2) is 9.97 Å². The highest BCUT2D eigenvalue weighted by Gasteiger charge is 2.24. The van der Waals surface area contributed by atoms with Gasteiger partial charge in [0.15, 0.2) is 0 Å². The third-order valence-electron chi connectivity index (χ3n) is 3.53. The van der Waals surface area contributed by atoms with Crippen molar-refractivity contribution in [2.75, 3.05) is 0 Å². The first-order chi connectivity index (χ1) is 8.11. The lowest BCUT2D eigenvalue weighted by atomic mass is 9.82. The van der Waals surface area contributed by atoms with Crippen LogP contribution in [0.5, 0.6) is 0 Å². The lowest BCUT2D eigenvalue weighted by Crippen LogP contribution is -2.15. The third-order valence-corrected chi connectivity index (χ3v) is 5.26. The van der Waals surface area contributed by atoms with Gasteiger partial charge in [-0.2, -0.15) is 0 Å². The second-order valence-corrected chi connectivity index (χ2v) is 6.39. The SMILES string of the molecule is CCc1nc(C2CCCC(C)C2)nc(Cl)c1I. The summed E-state index contributed by atoms with van der Waals surface area (Å²) >= 11 is 8.43. The van der Waals surface area contributed by atoms with Crippen LogP contribution in [-0.2, 0) is 6.42 Å². The minimum Gasteiger partial charge on any atom is -0.236 e. The first kappa shape index (κ1) is 13.5. The van der Waals surface area contributed by atoms with Crippen molar-refractivity contribution >= 4 is 34.2 Å². The molecule has 0 saturated heterocycles. The Balaban J connectivity index is 2.29. The van der Waals surface area contributed by atoms with E-state index in [0.717, 1.165) is 27.4 Å². The van der Waals surface area contributed by atoms with E-state index >= 15 is 0 Å². The third kappa shape index (κ3) is 3.11. The molecule has 0 bridgehead atoms. The number of rotatable bonds is 2. The zero-order valence-corrected chi connectivity index (χ0v) is 13.3. The topological polar surface area (TPSA) is 25.8 Å². The van der Waals surface area contributed by atoms with E-state index in [1.54, 1.807) is 0 Å².